The molecule has 2 heterocycles. The Kier molecular flexibility index (Phi) is 7.55. The van der Waals surface area contributed by atoms with Gasteiger partial charge in [-0.2, -0.15) is 0 Å². The van der Waals surface area contributed by atoms with Gasteiger partial charge in [-0.25, -0.2) is 14.6 Å². The second kappa shape index (κ2) is 10.8. The van der Waals surface area contributed by atoms with Crippen molar-refractivity contribution in [1.29, 1.82) is 0 Å². The maximum atomic E-state index is 13.2. The Hall–Kier alpha value is -3.91. The topological polar surface area (TPSA) is 97.8 Å². The molecule has 0 atom stereocenters. The van der Waals surface area contributed by atoms with Gasteiger partial charge in [0.05, 0.1) is 36.0 Å². The minimum atomic E-state index is -0.710. The van der Waals surface area contributed by atoms with E-state index in [1.54, 1.807) is 39.8 Å². The van der Waals surface area contributed by atoms with E-state index >= 15 is 0 Å². The summed E-state index contributed by atoms with van der Waals surface area (Å²) in [6, 6.07) is 14.6. The largest absolute Gasteiger partial charge is 0.507 e. The number of carbonyl (C=O) groups excluding carboxylic acids is 2. The maximum Gasteiger partial charge on any atom is 0.336 e. The molecule has 1 aromatic heterocycles. The molecule has 8 heteroatoms. The second-order valence-electron chi connectivity index (χ2n) is 8.22. The third-order valence-corrected chi connectivity index (χ3v) is 6.81. The number of hydrogen-bond donors (Lipinski definition) is 2. The van der Waals surface area contributed by atoms with Crippen LogP contribution in [0, 0.1) is 0 Å². The first kappa shape index (κ1) is 25.2. The van der Waals surface area contributed by atoms with E-state index < -0.39 is 17.9 Å². The number of aromatic nitrogens is 1. The fourth-order valence-electron chi connectivity index (χ4n) is 4.42. The van der Waals surface area contributed by atoms with Crippen molar-refractivity contribution in [2.75, 3.05) is 13.2 Å². The van der Waals surface area contributed by atoms with Crippen molar-refractivity contribution in [3.05, 3.63) is 82.0 Å². The van der Waals surface area contributed by atoms with E-state index in [1.165, 1.54) is 11.3 Å². The van der Waals surface area contributed by atoms with Crippen molar-refractivity contribution < 1.29 is 24.2 Å². The number of phenols is 1. The fraction of sp³-hybridized carbons (Fsp3) is 0.250. The molecule has 0 amide bonds. The highest BCUT2D eigenvalue weighted by molar-refractivity contribution is 7.13. The number of ether oxygens (including phenoxy) is 2. The number of dihydropyridines is 1. The number of nitrogens with one attached hydrogen (secondary N) is 1. The van der Waals surface area contributed by atoms with E-state index in [4.69, 9.17) is 14.5 Å². The summed E-state index contributed by atoms with van der Waals surface area (Å²) in [5, 5.41) is 16.0. The molecule has 1 aliphatic heterocycles. The Morgan fingerprint density at radius 1 is 0.917 bits per heavy atom. The predicted molar refractivity (Wildman–Crippen MR) is 139 cm³/mol. The Morgan fingerprint density at radius 2 is 1.47 bits per heavy atom. The van der Waals surface area contributed by atoms with Crippen LogP contribution in [0.25, 0.3) is 21.8 Å². The van der Waals surface area contributed by atoms with Crippen LogP contribution in [0.1, 0.15) is 39.2 Å². The highest BCUT2D eigenvalue weighted by atomic mass is 32.1. The number of nitrogens with zero attached hydrogens (tertiary/aromatic N) is 1. The van der Waals surface area contributed by atoms with Gasteiger partial charge in [0, 0.05) is 27.9 Å². The summed E-state index contributed by atoms with van der Waals surface area (Å²) in [5.74, 6) is -1.55. The Bertz CT molecular complexity index is 1330. The lowest BCUT2D eigenvalue weighted by atomic mass is 9.78. The number of carbonyl (C=O) groups is 2. The second-order valence-corrected chi connectivity index (χ2v) is 9.08. The van der Waals surface area contributed by atoms with Crippen molar-refractivity contribution in [1.82, 2.24) is 10.3 Å². The molecule has 2 aromatic carbocycles. The normalized spacial score (nSPS) is 14.0. The monoisotopic (exact) mass is 504 g/mol. The molecule has 2 N–H and O–H groups in total. The summed E-state index contributed by atoms with van der Waals surface area (Å²) in [6.07, 6.45) is 0. The summed E-state index contributed by atoms with van der Waals surface area (Å²) in [6.45, 7) is 7.50. The smallest absolute Gasteiger partial charge is 0.336 e. The van der Waals surface area contributed by atoms with E-state index in [2.05, 4.69) is 5.32 Å². The van der Waals surface area contributed by atoms with Crippen molar-refractivity contribution in [2.45, 2.75) is 33.6 Å². The van der Waals surface area contributed by atoms with Crippen molar-refractivity contribution >= 4 is 23.3 Å². The average Bonchev–Trinajstić information content (AvgIpc) is 3.34. The predicted octanol–water partition coefficient (Wildman–Crippen LogP) is 5.54. The number of esters is 2. The summed E-state index contributed by atoms with van der Waals surface area (Å²) < 4.78 is 10.8. The highest BCUT2D eigenvalue weighted by Gasteiger charge is 2.39. The number of aromatic hydroxyl groups is 1. The van der Waals surface area contributed by atoms with Gasteiger partial charge < -0.3 is 19.9 Å². The van der Waals surface area contributed by atoms with Gasteiger partial charge in [-0.1, -0.05) is 36.4 Å². The van der Waals surface area contributed by atoms with E-state index in [9.17, 15) is 14.7 Å². The highest BCUT2D eigenvalue weighted by Crippen LogP contribution is 2.44. The molecule has 4 rings (SSSR count). The molecule has 3 aromatic rings. The average molecular weight is 505 g/mol. The third kappa shape index (κ3) is 4.77. The number of rotatable bonds is 7. The Morgan fingerprint density at radius 3 is 2.06 bits per heavy atom. The Balaban J connectivity index is 1.89. The van der Waals surface area contributed by atoms with Gasteiger partial charge in [0.25, 0.3) is 0 Å². The van der Waals surface area contributed by atoms with Gasteiger partial charge in [-0.3, -0.25) is 0 Å². The summed E-state index contributed by atoms with van der Waals surface area (Å²) in [7, 11) is 0. The van der Waals surface area contributed by atoms with Gasteiger partial charge in [-0.15, -0.1) is 11.3 Å². The zero-order valence-corrected chi connectivity index (χ0v) is 21.4. The van der Waals surface area contributed by atoms with Crippen molar-refractivity contribution in [3.8, 4) is 27.6 Å². The van der Waals surface area contributed by atoms with E-state index in [-0.39, 0.29) is 19.0 Å². The van der Waals surface area contributed by atoms with Crippen LogP contribution in [0.4, 0.5) is 0 Å². The molecule has 0 fully saturated rings. The fourth-order valence-corrected chi connectivity index (χ4v) is 5.29. The van der Waals surface area contributed by atoms with Gasteiger partial charge in [0.1, 0.15) is 10.8 Å². The quantitative estimate of drug-likeness (QED) is 0.408. The van der Waals surface area contributed by atoms with Gasteiger partial charge >= 0.3 is 11.9 Å². The number of para-hydroxylation sites is 1. The molecule has 0 aliphatic carbocycles. The first-order valence-corrected chi connectivity index (χ1v) is 12.6. The Labute approximate surface area is 214 Å². The summed E-state index contributed by atoms with van der Waals surface area (Å²) in [5.41, 5.74) is 4.74. The minimum Gasteiger partial charge on any atom is -0.507 e. The zero-order chi connectivity index (χ0) is 25.8. The summed E-state index contributed by atoms with van der Waals surface area (Å²) in [4.78, 5) is 31.1. The number of allylic oxidation sites excluding steroid dienone is 2. The molecule has 1 aliphatic rings. The van der Waals surface area contributed by atoms with Crippen LogP contribution >= 0.6 is 11.3 Å². The molecule has 0 saturated heterocycles. The molecule has 7 nitrogen and oxygen atoms in total. The first-order valence-electron chi connectivity index (χ1n) is 11.7. The third-order valence-electron chi connectivity index (χ3n) is 5.94. The molecule has 0 saturated carbocycles. The first-order chi connectivity index (χ1) is 17.4. The minimum absolute atomic E-state index is 0.146. The van der Waals surface area contributed by atoms with E-state index in [0.717, 1.165) is 11.1 Å². The van der Waals surface area contributed by atoms with Gasteiger partial charge in [0.2, 0.25) is 0 Å². The summed E-state index contributed by atoms with van der Waals surface area (Å²) >= 11 is 1.42. The van der Waals surface area contributed by atoms with Crippen LogP contribution in [0.15, 0.2) is 76.5 Å². The van der Waals surface area contributed by atoms with Crippen LogP contribution < -0.4 is 5.32 Å². The molecule has 0 unspecified atom stereocenters. The van der Waals surface area contributed by atoms with E-state index in [0.29, 0.717) is 38.8 Å². The molecule has 36 heavy (non-hydrogen) atoms. The number of hydrogen-bond acceptors (Lipinski definition) is 8. The van der Waals surface area contributed by atoms with Crippen LogP contribution in [-0.4, -0.2) is 35.2 Å². The standard InChI is InChI=1S/C28H28N2O5S/c1-5-34-27(32)23-16(3)29-17(4)24(28(33)35-6-2)25(23)18-11-7-8-12-19(18)26-30-21(15-36-26)20-13-9-10-14-22(20)31/h7-15,25,29,31H,5-6H2,1-4H3. The zero-order valence-electron chi connectivity index (χ0n) is 20.6. The lowest BCUT2D eigenvalue weighted by Gasteiger charge is -2.31. The number of thiazole rings is 1. The van der Waals surface area contributed by atoms with Crippen LogP contribution in [0.2, 0.25) is 0 Å². The molecular weight excluding hydrogens is 476 g/mol. The number of phenolic OH excluding ortho intramolecular Hbond substituents is 1. The SMILES string of the molecule is CCOC(=O)C1=C(C)NC(C)=C(C(=O)OCC)C1c1ccccc1-c1nc(-c2ccccc2O)cs1. The number of benzene rings is 2. The van der Waals surface area contributed by atoms with E-state index in [1.807, 2.05) is 41.8 Å². The van der Waals surface area contributed by atoms with Crippen molar-refractivity contribution in [2.24, 2.45) is 0 Å². The van der Waals surface area contributed by atoms with Crippen molar-refractivity contribution in [3.63, 3.8) is 0 Å². The lowest BCUT2D eigenvalue weighted by molar-refractivity contribution is -0.139. The molecular formula is C28H28N2O5S. The molecule has 0 spiro atoms. The lowest BCUT2D eigenvalue weighted by Crippen LogP contribution is -2.32. The molecule has 0 bridgehead atoms. The van der Waals surface area contributed by atoms with Crippen LogP contribution in [0.5, 0.6) is 5.75 Å². The van der Waals surface area contributed by atoms with Gasteiger partial charge in [0.15, 0.2) is 0 Å². The van der Waals surface area contributed by atoms with Gasteiger partial charge in [-0.05, 0) is 45.4 Å². The molecule has 186 valence electrons. The van der Waals surface area contributed by atoms with Crippen LogP contribution in [0.3, 0.4) is 0 Å². The molecule has 0 radical (unpaired) electrons. The van der Waals surface area contributed by atoms with Crippen LogP contribution in [-0.2, 0) is 19.1 Å². The maximum absolute atomic E-state index is 13.2.